The highest BCUT2D eigenvalue weighted by atomic mass is 32.1. The Bertz CT molecular complexity index is 757. The summed E-state index contributed by atoms with van der Waals surface area (Å²) in [6.45, 7) is 0.0180. The number of rotatable bonds is 4. The summed E-state index contributed by atoms with van der Waals surface area (Å²) in [6.07, 6.45) is 4.11. The van der Waals surface area contributed by atoms with Crippen LogP contribution >= 0.6 is 11.3 Å². The number of ether oxygens (including phenoxy) is 2. The number of hydrogen-bond donors (Lipinski definition) is 1. The molecule has 1 N–H and O–H groups in total. The molecule has 1 aromatic carbocycles. The Kier molecular flexibility index (Phi) is 3.71. The van der Waals surface area contributed by atoms with Gasteiger partial charge in [0.05, 0.1) is 16.6 Å². The van der Waals surface area contributed by atoms with E-state index < -0.39 is 10.8 Å². The number of carbonyl (C=O) groups is 1. The van der Waals surface area contributed by atoms with Crippen molar-refractivity contribution in [2.45, 2.75) is 0 Å². The summed E-state index contributed by atoms with van der Waals surface area (Å²) in [4.78, 5) is 26.2. The molecule has 0 radical (unpaired) electrons. The zero-order valence-corrected chi connectivity index (χ0v) is 11.8. The summed E-state index contributed by atoms with van der Waals surface area (Å²) in [6, 6.07) is 2.74. The number of amides is 1. The average Bonchev–Trinajstić information content (AvgIpc) is 3.14. The van der Waals surface area contributed by atoms with Gasteiger partial charge in [0.2, 0.25) is 12.7 Å². The number of nitrogens with zero attached hydrogens (tertiary/aromatic N) is 2. The van der Waals surface area contributed by atoms with Gasteiger partial charge in [0.25, 0.3) is 5.69 Å². The molecule has 1 aromatic heterocycles. The first-order valence-corrected chi connectivity index (χ1v) is 6.98. The fourth-order valence-electron chi connectivity index (χ4n) is 1.84. The zero-order valence-electron chi connectivity index (χ0n) is 11.0. The van der Waals surface area contributed by atoms with E-state index in [1.165, 1.54) is 35.6 Å². The molecule has 0 fully saturated rings. The van der Waals surface area contributed by atoms with E-state index in [0.717, 1.165) is 0 Å². The second kappa shape index (κ2) is 5.82. The highest BCUT2D eigenvalue weighted by molar-refractivity contribution is 7.13. The molecule has 1 aliphatic heterocycles. The maximum atomic E-state index is 11.7. The number of carbonyl (C=O) groups excluding carboxylic acids is 1. The Hall–Kier alpha value is -2.94. The summed E-state index contributed by atoms with van der Waals surface area (Å²) in [7, 11) is 0. The third-order valence-electron chi connectivity index (χ3n) is 2.80. The minimum atomic E-state index is -0.541. The fraction of sp³-hybridized carbons (Fsp3) is 0.0769. The molecule has 0 bridgehead atoms. The highest BCUT2D eigenvalue weighted by Gasteiger charge is 2.22. The topological polar surface area (TPSA) is 104 Å². The molecule has 0 saturated carbocycles. The second-order valence-electron chi connectivity index (χ2n) is 4.18. The van der Waals surface area contributed by atoms with Crippen molar-refractivity contribution in [3.05, 3.63) is 45.5 Å². The Balaban J connectivity index is 1.83. The smallest absolute Gasteiger partial charge is 0.280 e. The van der Waals surface area contributed by atoms with Crippen LogP contribution in [0, 0.1) is 10.1 Å². The van der Waals surface area contributed by atoms with E-state index in [9.17, 15) is 14.9 Å². The van der Waals surface area contributed by atoms with Crippen LogP contribution in [0.2, 0.25) is 0 Å². The van der Waals surface area contributed by atoms with Crippen LogP contribution in [0.25, 0.3) is 6.08 Å². The molecule has 8 nitrogen and oxygen atoms in total. The number of nitro groups is 1. The van der Waals surface area contributed by atoms with Gasteiger partial charge in [-0.3, -0.25) is 20.2 Å². The van der Waals surface area contributed by atoms with Crippen LogP contribution in [0.15, 0.2) is 29.8 Å². The van der Waals surface area contributed by atoms with Gasteiger partial charge in [0, 0.05) is 17.7 Å². The van der Waals surface area contributed by atoms with Crippen LogP contribution in [-0.2, 0) is 4.79 Å². The summed E-state index contributed by atoms with van der Waals surface area (Å²) < 4.78 is 10.3. The Morgan fingerprint density at radius 1 is 1.41 bits per heavy atom. The van der Waals surface area contributed by atoms with E-state index in [1.807, 2.05) is 0 Å². The molecule has 0 aliphatic carbocycles. The predicted octanol–water partition coefficient (Wildman–Crippen LogP) is 2.43. The van der Waals surface area contributed by atoms with Crippen molar-refractivity contribution >= 4 is 34.1 Å². The van der Waals surface area contributed by atoms with Gasteiger partial charge in [0.1, 0.15) is 0 Å². The van der Waals surface area contributed by atoms with Gasteiger partial charge in [0.15, 0.2) is 16.6 Å². The molecule has 9 heteroatoms. The van der Waals surface area contributed by atoms with Crippen molar-refractivity contribution in [1.29, 1.82) is 0 Å². The van der Waals surface area contributed by atoms with Crippen molar-refractivity contribution in [2.24, 2.45) is 0 Å². The van der Waals surface area contributed by atoms with Crippen molar-refractivity contribution in [3.63, 3.8) is 0 Å². The molecule has 2 heterocycles. The van der Waals surface area contributed by atoms with Crippen LogP contribution in [-0.4, -0.2) is 22.6 Å². The number of benzene rings is 1. The van der Waals surface area contributed by atoms with E-state index in [1.54, 1.807) is 11.6 Å². The summed E-state index contributed by atoms with van der Waals surface area (Å²) in [5.41, 5.74) is 0.0890. The molecule has 112 valence electrons. The van der Waals surface area contributed by atoms with Crippen LogP contribution in [0.5, 0.6) is 11.5 Å². The summed E-state index contributed by atoms with van der Waals surface area (Å²) in [5.74, 6) is 0.295. The molecule has 1 amide bonds. The number of nitro benzene ring substituents is 1. The first-order valence-electron chi connectivity index (χ1n) is 6.10. The van der Waals surface area contributed by atoms with Crippen LogP contribution in [0.4, 0.5) is 10.8 Å². The van der Waals surface area contributed by atoms with Crippen molar-refractivity contribution in [2.75, 3.05) is 12.1 Å². The number of fused-ring (bicyclic) bond motifs is 1. The average molecular weight is 319 g/mol. The number of nitrogens with one attached hydrogen (secondary N) is 1. The van der Waals surface area contributed by atoms with Crippen LogP contribution < -0.4 is 14.8 Å². The van der Waals surface area contributed by atoms with Gasteiger partial charge >= 0.3 is 0 Å². The molecule has 0 atom stereocenters. The van der Waals surface area contributed by atoms with E-state index in [4.69, 9.17) is 9.47 Å². The molecule has 0 spiro atoms. The highest BCUT2D eigenvalue weighted by Crippen LogP contribution is 2.38. The lowest BCUT2D eigenvalue weighted by atomic mass is 10.1. The molecule has 22 heavy (non-hydrogen) atoms. The number of anilines is 1. The fourth-order valence-corrected chi connectivity index (χ4v) is 2.37. The van der Waals surface area contributed by atoms with E-state index >= 15 is 0 Å². The predicted molar refractivity (Wildman–Crippen MR) is 79.0 cm³/mol. The summed E-state index contributed by atoms with van der Waals surface area (Å²) in [5, 5.41) is 15.8. The van der Waals surface area contributed by atoms with Gasteiger partial charge in [-0.2, -0.15) is 0 Å². The molecule has 2 aromatic rings. The first-order chi connectivity index (χ1) is 10.6. The standard InChI is InChI=1S/C13H9N3O5S/c17-12(15-13-14-3-4-22-13)2-1-8-5-10-11(21-7-20-10)6-9(8)16(18)19/h1-6H,7H2,(H,14,15,17). The van der Waals surface area contributed by atoms with E-state index in [2.05, 4.69) is 10.3 Å². The molecule has 3 rings (SSSR count). The minimum Gasteiger partial charge on any atom is -0.454 e. The Labute approximate surface area is 128 Å². The van der Waals surface area contributed by atoms with Gasteiger partial charge in [-0.25, -0.2) is 4.98 Å². The monoisotopic (exact) mass is 319 g/mol. The van der Waals surface area contributed by atoms with Crippen molar-refractivity contribution in [3.8, 4) is 11.5 Å². The molecule has 1 aliphatic rings. The Morgan fingerprint density at radius 3 is 2.86 bits per heavy atom. The second-order valence-corrected chi connectivity index (χ2v) is 5.08. The molecular formula is C13H9N3O5S. The normalized spacial score (nSPS) is 12.5. The van der Waals surface area contributed by atoms with Gasteiger partial charge in [-0.1, -0.05) is 0 Å². The number of hydrogen-bond acceptors (Lipinski definition) is 7. The number of aromatic nitrogens is 1. The van der Waals surface area contributed by atoms with E-state index in [-0.39, 0.29) is 18.0 Å². The van der Waals surface area contributed by atoms with Crippen LogP contribution in [0.3, 0.4) is 0 Å². The minimum absolute atomic E-state index is 0.0180. The summed E-state index contributed by atoms with van der Waals surface area (Å²) >= 11 is 1.28. The lowest BCUT2D eigenvalue weighted by Crippen LogP contribution is -2.07. The van der Waals surface area contributed by atoms with Gasteiger partial charge in [-0.05, 0) is 12.1 Å². The van der Waals surface area contributed by atoms with Crippen molar-refractivity contribution < 1.29 is 19.2 Å². The lowest BCUT2D eigenvalue weighted by Gasteiger charge is -2.01. The third-order valence-corrected chi connectivity index (χ3v) is 3.48. The largest absolute Gasteiger partial charge is 0.454 e. The molecule has 0 saturated heterocycles. The quantitative estimate of drug-likeness (QED) is 0.527. The SMILES string of the molecule is O=C(C=Cc1cc2c(cc1[N+](=O)[O-])OCO2)Nc1nccs1. The number of thiazole rings is 1. The molecule has 0 unspecified atom stereocenters. The van der Waals surface area contributed by atoms with E-state index in [0.29, 0.717) is 16.6 Å². The third kappa shape index (κ3) is 2.88. The van der Waals surface area contributed by atoms with Gasteiger partial charge < -0.3 is 9.47 Å². The first kappa shape index (κ1) is 14.0. The lowest BCUT2D eigenvalue weighted by molar-refractivity contribution is -0.385. The molecular weight excluding hydrogens is 310 g/mol. The zero-order chi connectivity index (χ0) is 15.5. The van der Waals surface area contributed by atoms with Crippen LogP contribution in [0.1, 0.15) is 5.56 Å². The Morgan fingerprint density at radius 2 is 2.18 bits per heavy atom. The van der Waals surface area contributed by atoms with Crippen molar-refractivity contribution in [1.82, 2.24) is 4.98 Å². The maximum absolute atomic E-state index is 11.7. The van der Waals surface area contributed by atoms with Gasteiger partial charge in [-0.15, -0.1) is 11.3 Å². The maximum Gasteiger partial charge on any atom is 0.280 e.